The molecule has 0 spiro atoms. The van der Waals surface area contributed by atoms with Crippen molar-refractivity contribution < 1.29 is 13.7 Å². The van der Waals surface area contributed by atoms with Crippen LogP contribution in [0, 0.1) is 0 Å². The van der Waals surface area contributed by atoms with E-state index in [9.17, 15) is 0 Å². The molecule has 0 amide bonds. The molecule has 0 saturated carbocycles. The standard InChI is InChI=1S/C33H64N2O/c1-34(2,3)29-23-31-35(4,5)30-22-20-18-16-14-12-10-8-7-9-11-13-15-17-19-21-24-32-25-27-33(36-6)28-26-32/h25-28H,7-24,29-31H2,1-6H3/q+2. The molecule has 0 fully saturated rings. The van der Waals surface area contributed by atoms with Gasteiger partial charge in [0.25, 0.3) is 0 Å². The van der Waals surface area contributed by atoms with Gasteiger partial charge >= 0.3 is 0 Å². The number of rotatable bonds is 24. The number of quaternary nitrogens is 2. The average molecular weight is 505 g/mol. The Bertz CT molecular complexity index is 618. The SMILES string of the molecule is COc1ccc(CCCCCCCCCCCCCCCCCC[N+](C)(C)CCC[N+](C)(C)C)cc1. The van der Waals surface area contributed by atoms with Crippen LogP contribution < -0.4 is 4.74 Å². The fourth-order valence-electron chi connectivity index (χ4n) is 5.22. The first-order chi connectivity index (χ1) is 17.2. The number of hydrogen-bond acceptors (Lipinski definition) is 1. The van der Waals surface area contributed by atoms with Crippen molar-refractivity contribution in [1.29, 1.82) is 0 Å². The smallest absolute Gasteiger partial charge is 0.118 e. The van der Waals surface area contributed by atoms with E-state index in [1.54, 1.807) is 7.11 Å². The Morgan fingerprint density at radius 3 is 1.28 bits per heavy atom. The summed E-state index contributed by atoms with van der Waals surface area (Å²) in [4.78, 5) is 0. The van der Waals surface area contributed by atoms with E-state index in [0.29, 0.717) is 0 Å². The molecule has 0 bridgehead atoms. The van der Waals surface area contributed by atoms with Gasteiger partial charge in [0.2, 0.25) is 0 Å². The predicted octanol–water partition coefficient (Wildman–Crippen LogP) is 8.65. The molecule has 1 aromatic carbocycles. The van der Waals surface area contributed by atoms with E-state index in [0.717, 1.165) is 10.2 Å². The van der Waals surface area contributed by atoms with Crippen LogP contribution in [0.3, 0.4) is 0 Å². The highest BCUT2D eigenvalue weighted by Crippen LogP contribution is 2.16. The molecular formula is C33H64N2O+2. The molecule has 0 N–H and O–H groups in total. The number of nitrogens with zero attached hydrogens (tertiary/aromatic N) is 2. The number of unbranched alkanes of at least 4 members (excludes halogenated alkanes) is 15. The molecule has 0 radical (unpaired) electrons. The van der Waals surface area contributed by atoms with Crippen molar-refractivity contribution in [2.75, 3.05) is 62.0 Å². The van der Waals surface area contributed by atoms with Crippen LogP contribution in [0.25, 0.3) is 0 Å². The lowest BCUT2D eigenvalue weighted by atomic mass is 10.0. The molecule has 0 aliphatic heterocycles. The maximum absolute atomic E-state index is 5.23. The Morgan fingerprint density at radius 2 is 0.861 bits per heavy atom. The molecule has 0 aliphatic rings. The second-order valence-electron chi connectivity index (χ2n) is 13.0. The lowest BCUT2D eigenvalue weighted by Gasteiger charge is -2.31. The molecule has 0 aromatic heterocycles. The maximum Gasteiger partial charge on any atom is 0.118 e. The minimum Gasteiger partial charge on any atom is -0.497 e. The quantitative estimate of drug-likeness (QED) is 0.101. The number of ether oxygens (including phenoxy) is 1. The zero-order chi connectivity index (χ0) is 26.5. The van der Waals surface area contributed by atoms with Crippen LogP contribution in [0.5, 0.6) is 5.75 Å². The highest BCUT2D eigenvalue weighted by Gasteiger charge is 2.16. The predicted molar refractivity (Wildman–Crippen MR) is 160 cm³/mol. The largest absolute Gasteiger partial charge is 0.497 e. The van der Waals surface area contributed by atoms with Crippen molar-refractivity contribution in [2.45, 2.75) is 116 Å². The maximum atomic E-state index is 5.23. The summed E-state index contributed by atoms with van der Waals surface area (Å²) in [5.41, 5.74) is 1.44. The minimum atomic E-state index is 0.959. The second-order valence-corrected chi connectivity index (χ2v) is 13.0. The van der Waals surface area contributed by atoms with Gasteiger partial charge in [-0.25, -0.2) is 0 Å². The number of hydrogen-bond donors (Lipinski definition) is 0. The van der Waals surface area contributed by atoms with Crippen LogP contribution in [0.4, 0.5) is 0 Å². The first-order valence-corrected chi connectivity index (χ1v) is 15.5. The van der Waals surface area contributed by atoms with E-state index in [-0.39, 0.29) is 0 Å². The monoisotopic (exact) mass is 505 g/mol. The van der Waals surface area contributed by atoms with Crippen molar-refractivity contribution in [3.63, 3.8) is 0 Å². The molecule has 210 valence electrons. The van der Waals surface area contributed by atoms with E-state index in [1.807, 2.05) is 0 Å². The van der Waals surface area contributed by atoms with Crippen LogP contribution in [0.15, 0.2) is 24.3 Å². The summed E-state index contributed by atoms with van der Waals surface area (Å²) in [6.45, 7) is 3.95. The van der Waals surface area contributed by atoms with Gasteiger partial charge in [-0.2, -0.15) is 0 Å². The molecule has 0 unspecified atom stereocenters. The molecule has 0 saturated heterocycles. The van der Waals surface area contributed by atoms with Gasteiger partial charge in [0, 0.05) is 6.42 Å². The number of aryl methyl sites for hydroxylation is 1. The van der Waals surface area contributed by atoms with Gasteiger partial charge in [-0.05, 0) is 43.4 Å². The van der Waals surface area contributed by atoms with Gasteiger partial charge in [-0.3, -0.25) is 0 Å². The summed E-state index contributed by atoms with van der Waals surface area (Å²) in [6, 6.07) is 8.56. The topological polar surface area (TPSA) is 9.23 Å². The van der Waals surface area contributed by atoms with E-state index >= 15 is 0 Å². The molecule has 0 heterocycles. The molecule has 1 rings (SSSR count). The summed E-state index contributed by atoms with van der Waals surface area (Å²) < 4.78 is 7.52. The first kappa shape index (κ1) is 33.0. The van der Waals surface area contributed by atoms with E-state index in [2.05, 4.69) is 59.5 Å². The third kappa shape index (κ3) is 20.0. The van der Waals surface area contributed by atoms with Crippen molar-refractivity contribution in [1.82, 2.24) is 0 Å². The van der Waals surface area contributed by atoms with Gasteiger partial charge in [0.05, 0.1) is 62.0 Å². The second kappa shape index (κ2) is 20.0. The lowest BCUT2D eigenvalue weighted by Crippen LogP contribution is -2.44. The summed E-state index contributed by atoms with van der Waals surface area (Å²) in [5, 5.41) is 0. The molecule has 0 atom stereocenters. The summed E-state index contributed by atoms with van der Waals surface area (Å²) in [5.74, 6) is 0.959. The van der Waals surface area contributed by atoms with Gasteiger partial charge in [0.1, 0.15) is 5.75 Å². The zero-order valence-electron chi connectivity index (χ0n) is 25.5. The normalized spacial score (nSPS) is 12.3. The van der Waals surface area contributed by atoms with Crippen LogP contribution >= 0.6 is 0 Å². The van der Waals surface area contributed by atoms with Crippen LogP contribution in [0.2, 0.25) is 0 Å². The Kier molecular flexibility index (Phi) is 18.3. The van der Waals surface area contributed by atoms with Crippen LogP contribution in [-0.2, 0) is 6.42 Å². The van der Waals surface area contributed by atoms with E-state index < -0.39 is 0 Å². The Morgan fingerprint density at radius 1 is 0.472 bits per heavy atom. The zero-order valence-corrected chi connectivity index (χ0v) is 25.5. The third-order valence-electron chi connectivity index (χ3n) is 7.73. The highest BCUT2D eigenvalue weighted by atomic mass is 16.5. The van der Waals surface area contributed by atoms with Crippen molar-refractivity contribution in [3.05, 3.63) is 29.8 Å². The Hall–Kier alpha value is -1.06. The van der Waals surface area contributed by atoms with Crippen molar-refractivity contribution in [3.8, 4) is 5.75 Å². The fourth-order valence-corrected chi connectivity index (χ4v) is 5.22. The van der Waals surface area contributed by atoms with E-state index in [4.69, 9.17) is 4.74 Å². The first-order valence-electron chi connectivity index (χ1n) is 15.5. The van der Waals surface area contributed by atoms with Crippen molar-refractivity contribution >= 4 is 0 Å². The van der Waals surface area contributed by atoms with Crippen LogP contribution in [-0.4, -0.2) is 70.9 Å². The van der Waals surface area contributed by atoms with Gasteiger partial charge in [-0.1, -0.05) is 95.6 Å². The molecule has 3 heteroatoms. The molecule has 3 nitrogen and oxygen atoms in total. The molecule has 0 aliphatic carbocycles. The number of benzene rings is 1. The third-order valence-corrected chi connectivity index (χ3v) is 7.73. The number of methoxy groups -OCH3 is 1. The molecule has 36 heavy (non-hydrogen) atoms. The Balaban J connectivity index is 1.78. The summed E-state index contributed by atoms with van der Waals surface area (Å²) >= 11 is 0. The Labute approximate surface area is 226 Å². The van der Waals surface area contributed by atoms with Gasteiger partial charge < -0.3 is 13.7 Å². The lowest BCUT2D eigenvalue weighted by molar-refractivity contribution is -0.902. The van der Waals surface area contributed by atoms with Crippen molar-refractivity contribution in [2.24, 2.45) is 0 Å². The fraction of sp³-hybridized carbons (Fsp3) is 0.818. The average Bonchev–Trinajstić information content (AvgIpc) is 2.82. The van der Waals surface area contributed by atoms with Gasteiger partial charge in [-0.15, -0.1) is 0 Å². The summed E-state index contributed by atoms with van der Waals surface area (Å²) in [6.07, 6.45) is 25.4. The molecule has 1 aromatic rings. The minimum absolute atomic E-state index is 0.959. The van der Waals surface area contributed by atoms with E-state index in [1.165, 1.54) is 145 Å². The van der Waals surface area contributed by atoms with Gasteiger partial charge in [0.15, 0.2) is 0 Å². The highest BCUT2D eigenvalue weighted by molar-refractivity contribution is 5.27. The van der Waals surface area contributed by atoms with Crippen LogP contribution in [0.1, 0.15) is 115 Å². The molecular weight excluding hydrogens is 440 g/mol. The summed E-state index contributed by atoms with van der Waals surface area (Å²) in [7, 11) is 13.5.